The summed E-state index contributed by atoms with van der Waals surface area (Å²) >= 11 is 12.1. The Kier molecular flexibility index (Phi) is 8.41. The summed E-state index contributed by atoms with van der Waals surface area (Å²) in [6, 6.07) is 37.6. The summed E-state index contributed by atoms with van der Waals surface area (Å²) in [5.41, 5.74) is 8.10. The largest absolute Gasteiger partial charge is 0.272 e. The van der Waals surface area contributed by atoms with Gasteiger partial charge in [-0.05, 0) is 83.0 Å². The minimum Gasteiger partial charge on any atom is -0.272 e. The van der Waals surface area contributed by atoms with E-state index in [9.17, 15) is 4.79 Å². The van der Waals surface area contributed by atoms with Gasteiger partial charge in [0.15, 0.2) is 4.80 Å². The lowest BCUT2D eigenvalue weighted by molar-refractivity contribution is 0.553. The van der Waals surface area contributed by atoms with E-state index in [2.05, 4.69) is 135 Å². The number of benzene rings is 4. The summed E-state index contributed by atoms with van der Waals surface area (Å²) in [5, 5.41) is 0. The lowest BCUT2D eigenvalue weighted by atomic mass is 9.84. The van der Waals surface area contributed by atoms with Crippen LogP contribution in [0.1, 0.15) is 47.6 Å². The van der Waals surface area contributed by atoms with Crippen molar-refractivity contribution in [3.05, 3.63) is 177 Å². The predicted octanol–water partition coefficient (Wildman–Crippen LogP) is 10.3. The maximum atomic E-state index is 14.6. The molecule has 0 radical (unpaired) electrons. The van der Waals surface area contributed by atoms with Crippen LogP contribution in [-0.4, -0.2) is 4.57 Å². The second-order valence-corrected chi connectivity index (χ2v) is 16.4. The van der Waals surface area contributed by atoms with Gasteiger partial charge in [0, 0.05) is 18.8 Å². The third-order valence-corrected chi connectivity index (χ3v) is 13.4. The summed E-state index contributed by atoms with van der Waals surface area (Å²) in [6.45, 7) is 0. The second kappa shape index (κ2) is 12.8. The molecular weight excluding hydrogens is 756 g/mol. The van der Waals surface area contributed by atoms with E-state index in [1.165, 1.54) is 32.3 Å². The second-order valence-electron chi connectivity index (χ2n) is 11.3. The fourth-order valence-corrected chi connectivity index (χ4v) is 10.7. The van der Waals surface area contributed by atoms with Crippen molar-refractivity contribution in [1.29, 1.82) is 0 Å². The van der Waals surface area contributed by atoms with Gasteiger partial charge in [-0.1, -0.05) is 152 Å². The number of nitrogens with zero attached hydrogens (tertiary/aromatic N) is 2. The van der Waals surface area contributed by atoms with Crippen LogP contribution in [0.4, 0.5) is 0 Å². The Bertz CT molecular complexity index is 2200. The van der Waals surface area contributed by atoms with Crippen LogP contribution in [0.3, 0.4) is 0 Å². The molecule has 3 heterocycles. The Morgan fingerprint density at radius 3 is 1.93 bits per heavy atom. The van der Waals surface area contributed by atoms with Crippen molar-refractivity contribution in [1.82, 2.24) is 4.57 Å². The van der Waals surface area contributed by atoms with E-state index in [1.807, 2.05) is 16.7 Å². The van der Waals surface area contributed by atoms with Crippen LogP contribution < -0.4 is 14.9 Å². The molecule has 4 aromatic carbocycles. The Balaban J connectivity index is 1.32. The lowest BCUT2D eigenvalue weighted by Crippen LogP contribution is -2.39. The van der Waals surface area contributed by atoms with Crippen molar-refractivity contribution in [3.8, 4) is 0 Å². The van der Waals surface area contributed by atoms with Crippen LogP contribution in [-0.2, 0) is 0 Å². The van der Waals surface area contributed by atoms with Crippen LogP contribution in [0.25, 0.3) is 20.1 Å². The summed E-state index contributed by atoms with van der Waals surface area (Å²) in [5.74, 6) is 0. The maximum absolute atomic E-state index is 14.6. The molecule has 5 aromatic rings. The van der Waals surface area contributed by atoms with Gasteiger partial charge in [-0.2, -0.15) is 0 Å². The summed E-state index contributed by atoms with van der Waals surface area (Å²) in [7, 11) is 0. The van der Waals surface area contributed by atoms with E-state index in [4.69, 9.17) is 4.99 Å². The molecule has 8 heteroatoms. The molecule has 3 nitrogen and oxygen atoms in total. The van der Waals surface area contributed by atoms with Crippen molar-refractivity contribution in [2.75, 3.05) is 0 Å². The third-order valence-electron chi connectivity index (χ3n) is 8.36. The number of thioether (sulfide) groups is 2. The first-order chi connectivity index (χ1) is 22.5. The van der Waals surface area contributed by atoms with Crippen molar-refractivity contribution in [3.63, 3.8) is 0 Å². The van der Waals surface area contributed by atoms with Gasteiger partial charge in [0.2, 0.25) is 0 Å². The molecule has 226 valence electrons. The molecule has 0 fully saturated rings. The number of hydrogen-bond donors (Lipinski definition) is 0. The fraction of sp³-hybridized carbons (Fsp3) is 0.105. The standard InChI is InChI=1S/C38H26Br2N2OS3/c39-28-18-14-23(15-19-28)22-27-12-7-13-30-31(27)41-38-42(32(30)24-16-20-29(40)21-17-24)36(43)35(46-38)37-44-33(25-8-3-1-4-9-25)34(45-37)26-10-5-2-6-11-26/h1-6,8-11,14-22,32H,7,12-13H2/b27-22+. The van der Waals surface area contributed by atoms with Crippen LogP contribution in [0.15, 0.2) is 145 Å². The Hall–Kier alpha value is -3.14. The molecule has 46 heavy (non-hydrogen) atoms. The quantitative estimate of drug-likeness (QED) is 0.182. The third kappa shape index (κ3) is 5.69. The lowest BCUT2D eigenvalue weighted by Gasteiger charge is -2.31. The zero-order chi connectivity index (χ0) is 31.2. The molecule has 8 rings (SSSR count). The highest BCUT2D eigenvalue weighted by Gasteiger charge is 2.34. The van der Waals surface area contributed by atoms with Crippen LogP contribution in [0, 0.1) is 0 Å². The molecule has 1 unspecified atom stereocenters. The molecule has 0 saturated carbocycles. The van der Waals surface area contributed by atoms with Crippen molar-refractivity contribution in [2.24, 2.45) is 4.99 Å². The first-order valence-electron chi connectivity index (χ1n) is 15.0. The highest BCUT2D eigenvalue weighted by Crippen LogP contribution is 2.57. The van der Waals surface area contributed by atoms with Gasteiger partial charge in [-0.25, -0.2) is 4.99 Å². The Morgan fingerprint density at radius 2 is 1.33 bits per heavy atom. The number of aromatic nitrogens is 1. The van der Waals surface area contributed by atoms with Crippen molar-refractivity contribution < 1.29 is 0 Å². The molecule has 1 aliphatic carbocycles. The van der Waals surface area contributed by atoms with Crippen LogP contribution in [0.2, 0.25) is 0 Å². The van der Waals surface area contributed by atoms with Gasteiger partial charge in [-0.15, -0.1) is 0 Å². The van der Waals surface area contributed by atoms with E-state index in [-0.39, 0.29) is 11.6 Å². The van der Waals surface area contributed by atoms with E-state index in [0.29, 0.717) is 0 Å². The highest BCUT2D eigenvalue weighted by atomic mass is 79.9. The Labute approximate surface area is 296 Å². The zero-order valence-electron chi connectivity index (χ0n) is 24.5. The summed E-state index contributed by atoms with van der Waals surface area (Å²) in [6.07, 6.45) is 5.16. The van der Waals surface area contributed by atoms with Crippen LogP contribution >= 0.6 is 66.7 Å². The van der Waals surface area contributed by atoms with E-state index in [0.717, 1.165) is 69.7 Å². The molecule has 0 spiro atoms. The smallest absolute Gasteiger partial charge is 0.272 e. The van der Waals surface area contributed by atoms with Gasteiger partial charge >= 0.3 is 0 Å². The summed E-state index contributed by atoms with van der Waals surface area (Å²) < 4.78 is 5.82. The molecule has 0 N–H and O–H groups in total. The molecule has 1 aromatic heterocycles. The minimum atomic E-state index is -0.200. The number of hydrogen-bond acceptors (Lipinski definition) is 5. The van der Waals surface area contributed by atoms with E-state index in [1.54, 1.807) is 23.5 Å². The number of thiazole rings is 1. The number of fused-ring (bicyclic) bond motifs is 1. The van der Waals surface area contributed by atoms with Crippen molar-refractivity contribution >= 4 is 86.8 Å². The van der Waals surface area contributed by atoms with Gasteiger partial charge in [0.05, 0.1) is 16.0 Å². The maximum Gasteiger partial charge on any atom is 0.272 e. The SMILES string of the molecule is O=c1c(=C2SC(c3ccccc3)=C(c3ccccc3)S2)sc2n1C(c1ccc(Br)cc1)C1=C(N=2)/C(=C/c2ccc(Br)cc2)CCC1. The monoisotopic (exact) mass is 780 g/mol. The molecule has 0 amide bonds. The number of rotatable bonds is 4. The molecule has 3 aliphatic rings. The predicted molar refractivity (Wildman–Crippen MR) is 203 cm³/mol. The number of allylic oxidation sites excluding steroid dienone is 2. The van der Waals surface area contributed by atoms with Gasteiger partial charge in [-0.3, -0.25) is 9.36 Å². The topological polar surface area (TPSA) is 34.4 Å². The minimum absolute atomic E-state index is 0.0314. The fourth-order valence-electron chi connectivity index (χ4n) is 6.23. The molecule has 1 atom stereocenters. The average Bonchev–Trinajstić information content (AvgIpc) is 3.68. The van der Waals surface area contributed by atoms with Crippen molar-refractivity contribution in [2.45, 2.75) is 25.3 Å². The Morgan fingerprint density at radius 1 is 0.739 bits per heavy atom. The zero-order valence-corrected chi connectivity index (χ0v) is 30.1. The van der Waals surface area contributed by atoms with Gasteiger partial charge in [0.1, 0.15) is 4.53 Å². The first-order valence-corrected chi connectivity index (χ1v) is 19.1. The molecule has 0 bridgehead atoms. The van der Waals surface area contributed by atoms with Crippen LogP contribution in [0.5, 0.6) is 0 Å². The molecule has 2 aliphatic heterocycles. The summed E-state index contributed by atoms with van der Waals surface area (Å²) in [4.78, 5) is 23.0. The van der Waals surface area contributed by atoms with E-state index < -0.39 is 0 Å². The average molecular weight is 783 g/mol. The van der Waals surface area contributed by atoms with Gasteiger partial charge < -0.3 is 0 Å². The highest BCUT2D eigenvalue weighted by molar-refractivity contribution is 9.10. The first kappa shape index (κ1) is 30.2. The molecular formula is C38H26Br2N2OS3. The normalized spacial score (nSPS) is 18.5. The number of halogens is 2. The van der Waals surface area contributed by atoms with E-state index >= 15 is 0 Å². The molecule has 0 saturated heterocycles. The van der Waals surface area contributed by atoms with Gasteiger partial charge in [0.25, 0.3) is 5.56 Å².